The van der Waals surface area contributed by atoms with E-state index < -0.39 is 0 Å². The fourth-order valence-electron chi connectivity index (χ4n) is 1.92. The minimum atomic E-state index is -0.210. The highest BCUT2D eigenvalue weighted by atomic mass is 16.5. The van der Waals surface area contributed by atoms with E-state index in [1.54, 1.807) is 0 Å². The largest absolute Gasteiger partial charge is 0.392 e. The molecule has 2 rings (SSSR count). The summed E-state index contributed by atoms with van der Waals surface area (Å²) in [5.74, 6) is 0. The summed E-state index contributed by atoms with van der Waals surface area (Å²) in [7, 11) is 0. The van der Waals surface area contributed by atoms with Crippen LogP contribution in [0.15, 0.2) is 30.3 Å². The molecule has 0 spiro atoms. The van der Waals surface area contributed by atoms with E-state index in [9.17, 15) is 5.11 Å². The second-order valence-corrected chi connectivity index (χ2v) is 4.86. The van der Waals surface area contributed by atoms with Gasteiger partial charge in [0.15, 0.2) is 0 Å². The maximum absolute atomic E-state index is 9.56. The number of aliphatic hydroxyl groups excluding tert-OH is 1. The molecule has 1 saturated carbocycles. The molecule has 15 heavy (non-hydrogen) atoms. The molecule has 0 heterocycles. The van der Waals surface area contributed by atoms with Crippen LogP contribution in [0.3, 0.4) is 0 Å². The van der Waals surface area contributed by atoms with E-state index >= 15 is 0 Å². The van der Waals surface area contributed by atoms with Crippen molar-refractivity contribution in [1.82, 2.24) is 0 Å². The average Bonchev–Trinajstić information content (AvgIpc) is 2.25. The predicted octanol–water partition coefficient (Wildman–Crippen LogP) is 2.36. The molecule has 0 aliphatic heterocycles. The zero-order valence-electron chi connectivity index (χ0n) is 9.31. The first-order chi connectivity index (χ1) is 7.10. The summed E-state index contributed by atoms with van der Waals surface area (Å²) in [6, 6.07) is 10.1. The fourth-order valence-corrected chi connectivity index (χ4v) is 1.92. The third-order valence-electron chi connectivity index (χ3n) is 3.42. The van der Waals surface area contributed by atoms with Crippen molar-refractivity contribution < 1.29 is 9.84 Å². The molecule has 0 amide bonds. The lowest BCUT2D eigenvalue weighted by Gasteiger charge is -2.48. The molecule has 1 aliphatic rings. The molecule has 2 heteroatoms. The lowest BCUT2D eigenvalue weighted by molar-refractivity contribution is -0.179. The van der Waals surface area contributed by atoms with Crippen molar-refractivity contribution in [2.75, 3.05) is 0 Å². The number of benzene rings is 1. The second kappa shape index (κ2) is 3.95. The van der Waals surface area contributed by atoms with Crippen molar-refractivity contribution >= 4 is 0 Å². The lowest BCUT2D eigenvalue weighted by atomic mass is 9.66. The maximum atomic E-state index is 9.56. The zero-order chi connectivity index (χ0) is 10.9. The van der Waals surface area contributed by atoms with Crippen LogP contribution >= 0.6 is 0 Å². The van der Waals surface area contributed by atoms with Gasteiger partial charge < -0.3 is 9.84 Å². The number of hydrogen-bond donors (Lipinski definition) is 1. The predicted molar refractivity (Wildman–Crippen MR) is 59.4 cm³/mol. The normalized spacial score (nSPS) is 28.5. The Balaban J connectivity index is 1.85. The van der Waals surface area contributed by atoms with Crippen molar-refractivity contribution in [3.63, 3.8) is 0 Å². The third-order valence-corrected chi connectivity index (χ3v) is 3.42. The first-order valence-corrected chi connectivity index (χ1v) is 5.44. The van der Waals surface area contributed by atoms with Crippen LogP contribution in [0.2, 0.25) is 0 Å². The summed E-state index contributed by atoms with van der Waals surface area (Å²) < 4.78 is 5.79. The SMILES string of the molecule is CC1(C)[C@H](O)C[C@H]1OCc1ccccc1. The fraction of sp³-hybridized carbons (Fsp3) is 0.538. The summed E-state index contributed by atoms with van der Waals surface area (Å²) in [5, 5.41) is 9.56. The molecule has 0 radical (unpaired) electrons. The number of rotatable bonds is 3. The van der Waals surface area contributed by atoms with Gasteiger partial charge in [-0.1, -0.05) is 44.2 Å². The van der Waals surface area contributed by atoms with Crippen molar-refractivity contribution in [3.8, 4) is 0 Å². The molecule has 1 fully saturated rings. The van der Waals surface area contributed by atoms with Gasteiger partial charge in [0.1, 0.15) is 0 Å². The zero-order valence-corrected chi connectivity index (χ0v) is 9.31. The molecule has 1 aliphatic carbocycles. The number of ether oxygens (including phenoxy) is 1. The third kappa shape index (κ3) is 2.06. The van der Waals surface area contributed by atoms with Gasteiger partial charge >= 0.3 is 0 Å². The molecule has 1 aromatic rings. The second-order valence-electron chi connectivity index (χ2n) is 4.86. The monoisotopic (exact) mass is 206 g/mol. The van der Waals surface area contributed by atoms with Crippen molar-refractivity contribution in [2.24, 2.45) is 5.41 Å². The Bertz CT molecular complexity index is 319. The van der Waals surface area contributed by atoms with Gasteiger partial charge in [-0.3, -0.25) is 0 Å². The summed E-state index contributed by atoms with van der Waals surface area (Å²) in [6.45, 7) is 4.75. The molecule has 0 bridgehead atoms. The van der Waals surface area contributed by atoms with Gasteiger partial charge in [0, 0.05) is 11.8 Å². The number of aliphatic hydroxyl groups is 1. The topological polar surface area (TPSA) is 29.5 Å². The van der Waals surface area contributed by atoms with E-state index in [1.807, 2.05) is 18.2 Å². The Morgan fingerprint density at radius 1 is 1.33 bits per heavy atom. The Hall–Kier alpha value is -0.860. The molecular formula is C13H18O2. The molecule has 0 unspecified atom stereocenters. The van der Waals surface area contributed by atoms with Crippen LogP contribution in [-0.4, -0.2) is 17.3 Å². The van der Waals surface area contributed by atoms with E-state index in [4.69, 9.17) is 4.74 Å². The van der Waals surface area contributed by atoms with Gasteiger partial charge in [-0.05, 0) is 5.56 Å². The average molecular weight is 206 g/mol. The van der Waals surface area contributed by atoms with Crippen LogP contribution in [0.1, 0.15) is 25.8 Å². The van der Waals surface area contributed by atoms with E-state index in [-0.39, 0.29) is 17.6 Å². The molecule has 0 saturated heterocycles. The minimum Gasteiger partial charge on any atom is -0.392 e. The van der Waals surface area contributed by atoms with Crippen LogP contribution < -0.4 is 0 Å². The van der Waals surface area contributed by atoms with Crippen molar-refractivity contribution in [2.45, 2.75) is 39.1 Å². The highest BCUT2D eigenvalue weighted by molar-refractivity contribution is 5.13. The summed E-state index contributed by atoms with van der Waals surface area (Å²) >= 11 is 0. The Morgan fingerprint density at radius 3 is 2.53 bits per heavy atom. The Kier molecular flexibility index (Phi) is 2.81. The summed E-state index contributed by atoms with van der Waals surface area (Å²) in [6.07, 6.45) is 0.741. The van der Waals surface area contributed by atoms with Gasteiger partial charge in [0.05, 0.1) is 18.8 Å². The smallest absolute Gasteiger partial charge is 0.0720 e. The molecule has 1 N–H and O–H groups in total. The molecular weight excluding hydrogens is 188 g/mol. The summed E-state index contributed by atoms with van der Waals surface area (Å²) in [4.78, 5) is 0. The van der Waals surface area contributed by atoms with Gasteiger partial charge in [-0.15, -0.1) is 0 Å². The quantitative estimate of drug-likeness (QED) is 0.822. The first-order valence-electron chi connectivity index (χ1n) is 5.44. The Morgan fingerprint density at radius 2 is 2.00 bits per heavy atom. The minimum absolute atomic E-state index is 0.0885. The van der Waals surface area contributed by atoms with E-state index in [2.05, 4.69) is 26.0 Å². The van der Waals surface area contributed by atoms with E-state index in [0.29, 0.717) is 6.61 Å². The van der Waals surface area contributed by atoms with Crippen LogP contribution in [0.4, 0.5) is 0 Å². The van der Waals surface area contributed by atoms with Gasteiger partial charge in [-0.25, -0.2) is 0 Å². The maximum Gasteiger partial charge on any atom is 0.0720 e. The number of hydrogen-bond acceptors (Lipinski definition) is 2. The molecule has 82 valence electrons. The van der Waals surface area contributed by atoms with E-state index in [1.165, 1.54) is 5.56 Å². The van der Waals surface area contributed by atoms with Crippen LogP contribution in [0.5, 0.6) is 0 Å². The van der Waals surface area contributed by atoms with Gasteiger partial charge in [-0.2, -0.15) is 0 Å². The molecule has 0 aromatic heterocycles. The van der Waals surface area contributed by atoms with Crippen molar-refractivity contribution in [1.29, 1.82) is 0 Å². The highest BCUT2D eigenvalue weighted by Gasteiger charge is 2.48. The molecule has 1 aromatic carbocycles. The Labute approximate surface area is 90.9 Å². The molecule has 2 nitrogen and oxygen atoms in total. The van der Waals surface area contributed by atoms with E-state index in [0.717, 1.165) is 6.42 Å². The highest BCUT2D eigenvalue weighted by Crippen LogP contribution is 2.42. The molecule has 2 atom stereocenters. The van der Waals surface area contributed by atoms with Gasteiger partial charge in [0.2, 0.25) is 0 Å². The van der Waals surface area contributed by atoms with Crippen LogP contribution in [-0.2, 0) is 11.3 Å². The van der Waals surface area contributed by atoms with Crippen LogP contribution in [0.25, 0.3) is 0 Å². The first kappa shape index (κ1) is 10.7. The van der Waals surface area contributed by atoms with Crippen LogP contribution in [0, 0.1) is 5.41 Å². The lowest BCUT2D eigenvalue weighted by Crippen LogP contribution is -2.54. The standard InChI is InChI=1S/C13H18O2/c1-13(2)11(14)8-12(13)15-9-10-6-4-3-5-7-10/h3-7,11-12,14H,8-9H2,1-2H3/t11-,12-/m1/s1. The van der Waals surface area contributed by atoms with Crippen molar-refractivity contribution in [3.05, 3.63) is 35.9 Å². The summed E-state index contributed by atoms with van der Waals surface area (Å²) in [5.41, 5.74) is 1.10. The van der Waals surface area contributed by atoms with Gasteiger partial charge in [0.25, 0.3) is 0 Å².